The lowest BCUT2D eigenvalue weighted by Gasteiger charge is -2.14. The minimum Gasteiger partial charge on any atom is -0.483 e. The lowest BCUT2D eigenvalue weighted by Crippen LogP contribution is -2.29. The number of amides is 1. The molecule has 0 radical (unpaired) electrons. The number of pyridine rings is 1. The summed E-state index contributed by atoms with van der Waals surface area (Å²) < 4.78 is 46.4. The van der Waals surface area contributed by atoms with Crippen molar-refractivity contribution in [3.05, 3.63) is 53.9 Å². The molecule has 0 unspecified atom stereocenters. The highest BCUT2D eigenvalue weighted by Crippen LogP contribution is 2.48. The summed E-state index contributed by atoms with van der Waals surface area (Å²) >= 11 is 0. The molecule has 1 heterocycles. The van der Waals surface area contributed by atoms with Gasteiger partial charge in [-0.05, 0) is 49.1 Å². The summed E-state index contributed by atoms with van der Waals surface area (Å²) in [6, 6.07) is 9.43. The van der Waals surface area contributed by atoms with Crippen LogP contribution in [0.3, 0.4) is 0 Å². The molecule has 10 heteroatoms. The third-order valence-corrected chi connectivity index (χ3v) is 4.74. The molecule has 166 valence electrons. The maximum atomic E-state index is 12.6. The predicted molar refractivity (Wildman–Crippen MR) is 103 cm³/mol. The van der Waals surface area contributed by atoms with Crippen molar-refractivity contribution in [1.82, 2.24) is 10.3 Å². The number of alkyl halides is 3. The van der Waals surface area contributed by atoms with E-state index < -0.39 is 31.4 Å². The third kappa shape index (κ3) is 6.59. The zero-order valence-electron chi connectivity index (χ0n) is 16.6. The molecule has 1 saturated carbocycles. The fourth-order valence-corrected chi connectivity index (χ4v) is 3.13. The second-order valence-electron chi connectivity index (χ2n) is 7.26. The summed E-state index contributed by atoms with van der Waals surface area (Å²) in [6.07, 6.45) is -2.59. The van der Waals surface area contributed by atoms with Crippen molar-refractivity contribution in [2.24, 2.45) is 5.92 Å². The van der Waals surface area contributed by atoms with E-state index in [1.165, 1.54) is 18.3 Å². The topological polar surface area (TPSA) is 97.8 Å². The van der Waals surface area contributed by atoms with Crippen molar-refractivity contribution in [3.63, 3.8) is 0 Å². The number of rotatable bonds is 9. The van der Waals surface area contributed by atoms with Crippen LogP contribution in [0.5, 0.6) is 11.5 Å². The van der Waals surface area contributed by atoms with Crippen molar-refractivity contribution in [2.75, 3.05) is 13.2 Å². The molecule has 1 aromatic carbocycles. The molecule has 3 rings (SSSR count). The average Bonchev–Trinajstić information content (AvgIpc) is 3.52. The Morgan fingerprint density at radius 3 is 2.65 bits per heavy atom. The quantitative estimate of drug-likeness (QED) is 0.622. The highest BCUT2D eigenvalue weighted by atomic mass is 19.4. The third-order valence-electron chi connectivity index (χ3n) is 4.74. The number of carboxylic acid groups (broad SMARTS) is 1. The van der Waals surface area contributed by atoms with Crippen molar-refractivity contribution in [2.45, 2.75) is 31.5 Å². The van der Waals surface area contributed by atoms with E-state index in [0.29, 0.717) is 17.9 Å². The Labute approximate surface area is 176 Å². The normalized spacial score (nSPS) is 18.7. The first-order valence-corrected chi connectivity index (χ1v) is 9.53. The van der Waals surface area contributed by atoms with Crippen LogP contribution in [-0.2, 0) is 9.59 Å². The lowest BCUT2D eigenvalue weighted by atomic mass is 10.1. The number of nitrogens with zero attached hydrogens (tertiary/aromatic N) is 1. The molecule has 0 bridgehead atoms. The molecule has 1 aliphatic rings. The van der Waals surface area contributed by atoms with Crippen LogP contribution in [0.2, 0.25) is 0 Å². The number of aliphatic carboxylic acids is 1. The SMILES string of the molecule is C[C@@H](NC(=O)[C@H]1C[C@@H]1c1cccc(OCC(=O)O)c1)c1ccc(OCC(F)(F)F)cn1. The second-order valence-corrected chi connectivity index (χ2v) is 7.26. The fourth-order valence-electron chi connectivity index (χ4n) is 3.13. The number of hydrogen-bond acceptors (Lipinski definition) is 5. The van der Waals surface area contributed by atoms with E-state index in [2.05, 4.69) is 15.0 Å². The monoisotopic (exact) mass is 438 g/mol. The molecule has 2 aromatic rings. The van der Waals surface area contributed by atoms with Crippen molar-refractivity contribution < 1.29 is 37.3 Å². The Kier molecular flexibility index (Phi) is 6.67. The molecular weight excluding hydrogens is 417 g/mol. The van der Waals surface area contributed by atoms with E-state index in [1.54, 1.807) is 25.1 Å². The van der Waals surface area contributed by atoms with Gasteiger partial charge in [-0.25, -0.2) is 4.79 Å². The van der Waals surface area contributed by atoms with Crippen LogP contribution in [0.15, 0.2) is 42.6 Å². The molecule has 0 spiro atoms. The van der Waals surface area contributed by atoms with Crippen molar-refractivity contribution in [3.8, 4) is 11.5 Å². The molecular formula is C21H21F3N2O5. The Balaban J connectivity index is 1.52. The van der Waals surface area contributed by atoms with Crippen LogP contribution in [0.25, 0.3) is 0 Å². The first-order chi connectivity index (χ1) is 14.6. The van der Waals surface area contributed by atoms with Gasteiger partial charge >= 0.3 is 12.1 Å². The van der Waals surface area contributed by atoms with E-state index in [0.717, 1.165) is 5.56 Å². The van der Waals surface area contributed by atoms with Crippen LogP contribution in [-0.4, -0.2) is 41.4 Å². The number of nitrogens with one attached hydrogen (secondary N) is 1. The largest absolute Gasteiger partial charge is 0.483 e. The van der Waals surface area contributed by atoms with Crippen LogP contribution in [0.4, 0.5) is 13.2 Å². The van der Waals surface area contributed by atoms with Gasteiger partial charge < -0.3 is 19.9 Å². The van der Waals surface area contributed by atoms with Gasteiger partial charge in [-0.2, -0.15) is 13.2 Å². The molecule has 0 saturated heterocycles. The number of carboxylic acids is 1. The molecule has 2 N–H and O–H groups in total. The van der Waals surface area contributed by atoms with Crippen molar-refractivity contribution in [1.29, 1.82) is 0 Å². The van der Waals surface area contributed by atoms with Gasteiger partial charge in [0.05, 0.1) is 17.9 Å². The molecule has 1 aromatic heterocycles. The molecule has 1 fully saturated rings. The number of carbonyl (C=O) groups is 2. The highest BCUT2D eigenvalue weighted by molar-refractivity contribution is 5.83. The zero-order chi connectivity index (χ0) is 22.6. The fraction of sp³-hybridized carbons (Fsp3) is 0.381. The second kappa shape index (κ2) is 9.23. The number of halogens is 3. The van der Waals surface area contributed by atoms with Gasteiger partial charge in [-0.15, -0.1) is 0 Å². The Hall–Kier alpha value is -3.30. The number of carbonyl (C=O) groups excluding carboxylic acids is 1. The van der Waals surface area contributed by atoms with Gasteiger partial charge in [0.15, 0.2) is 13.2 Å². The average molecular weight is 438 g/mol. The zero-order valence-corrected chi connectivity index (χ0v) is 16.6. The minimum absolute atomic E-state index is 0.00619. The number of ether oxygens (including phenoxy) is 2. The maximum absolute atomic E-state index is 12.6. The van der Waals surface area contributed by atoms with E-state index in [1.807, 2.05) is 6.07 Å². The van der Waals surface area contributed by atoms with Gasteiger partial charge in [0.1, 0.15) is 11.5 Å². The summed E-state index contributed by atoms with van der Waals surface area (Å²) in [4.78, 5) is 27.2. The Morgan fingerprint density at radius 1 is 1.23 bits per heavy atom. The smallest absolute Gasteiger partial charge is 0.422 e. The van der Waals surface area contributed by atoms with Crippen LogP contribution in [0.1, 0.15) is 36.6 Å². The van der Waals surface area contributed by atoms with E-state index in [4.69, 9.17) is 9.84 Å². The first-order valence-electron chi connectivity index (χ1n) is 9.53. The predicted octanol–water partition coefficient (Wildman–Crippen LogP) is 3.47. The number of hydrogen-bond donors (Lipinski definition) is 2. The first kappa shape index (κ1) is 22.4. The summed E-state index contributed by atoms with van der Waals surface area (Å²) in [6.45, 7) is -0.108. The molecule has 31 heavy (non-hydrogen) atoms. The summed E-state index contributed by atoms with van der Waals surface area (Å²) in [5.74, 6) is -1.04. The molecule has 7 nitrogen and oxygen atoms in total. The van der Waals surface area contributed by atoms with Gasteiger partial charge in [-0.1, -0.05) is 12.1 Å². The molecule has 1 aliphatic carbocycles. The van der Waals surface area contributed by atoms with Crippen LogP contribution < -0.4 is 14.8 Å². The summed E-state index contributed by atoms with van der Waals surface area (Å²) in [5.41, 5.74) is 1.38. The van der Waals surface area contributed by atoms with Gasteiger partial charge in [-0.3, -0.25) is 9.78 Å². The Bertz CT molecular complexity index is 933. The van der Waals surface area contributed by atoms with E-state index >= 15 is 0 Å². The van der Waals surface area contributed by atoms with Crippen LogP contribution >= 0.6 is 0 Å². The number of benzene rings is 1. The minimum atomic E-state index is -4.43. The summed E-state index contributed by atoms with van der Waals surface area (Å²) in [5, 5.41) is 11.6. The number of aromatic nitrogens is 1. The molecule has 1 amide bonds. The Morgan fingerprint density at radius 2 is 2.00 bits per heavy atom. The molecule has 3 atom stereocenters. The van der Waals surface area contributed by atoms with Gasteiger partial charge in [0.25, 0.3) is 0 Å². The van der Waals surface area contributed by atoms with E-state index in [-0.39, 0.29) is 23.5 Å². The van der Waals surface area contributed by atoms with Gasteiger partial charge in [0, 0.05) is 5.92 Å². The van der Waals surface area contributed by atoms with Gasteiger partial charge in [0.2, 0.25) is 5.91 Å². The van der Waals surface area contributed by atoms with Crippen LogP contribution in [0, 0.1) is 5.92 Å². The van der Waals surface area contributed by atoms with Crippen molar-refractivity contribution >= 4 is 11.9 Å². The summed E-state index contributed by atoms with van der Waals surface area (Å²) in [7, 11) is 0. The maximum Gasteiger partial charge on any atom is 0.422 e. The highest BCUT2D eigenvalue weighted by Gasteiger charge is 2.44. The van der Waals surface area contributed by atoms with E-state index in [9.17, 15) is 22.8 Å². The lowest BCUT2D eigenvalue weighted by molar-refractivity contribution is -0.153. The molecule has 0 aliphatic heterocycles. The standard InChI is InChI=1S/C21H21F3N2O5/c1-12(18-6-5-15(9-25-18)31-11-21(22,23)24)26-20(29)17-8-16(17)13-3-2-4-14(7-13)30-10-19(27)28/h2-7,9,12,16-17H,8,10-11H2,1H3,(H,26,29)(H,27,28)/t12-,16-,17+/m1/s1.